The molecule has 15 heavy (non-hydrogen) atoms. The quantitative estimate of drug-likeness (QED) is 0.729. The number of halogens is 1. The van der Waals surface area contributed by atoms with Crippen LogP contribution in [0, 0.1) is 5.82 Å². The van der Waals surface area contributed by atoms with Crippen molar-refractivity contribution in [3.63, 3.8) is 0 Å². The molecule has 0 unspecified atom stereocenters. The third-order valence-electron chi connectivity index (χ3n) is 2.93. The lowest BCUT2D eigenvalue weighted by molar-refractivity contribution is 0.411. The van der Waals surface area contributed by atoms with Crippen LogP contribution in [0.1, 0.15) is 18.4 Å². The summed E-state index contributed by atoms with van der Waals surface area (Å²) >= 11 is 0. The molecule has 0 aromatic heterocycles. The highest BCUT2D eigenvalue weighted by Gasteiger charge is 2.44. The molecule has 1 heterocycles. The first-order chi connectivity index (χ1) is 7.10. The molecule has 80 valence electrons. The van der Waals surface area contributed by atoms with Crippen molar-refractivity contribution in [2.24, 2.45) is 0 Å². The summed E-state index contributed by atoms with van der Waals surface area (Å²) in [6, 6.07) is 4.34. The van der Waals surface area contributed by atoms with Gasteiger partial charge in [0, 0.05) is 18.2 Å². The molecule has 5 heteroatoms. The number of sulfonamides is 1. The Balaban J connectivity index is 2.18. The van der Waals surface area contributed by atoms with Gasteiger partial charge in [-0.1, -0.05) is 6.07 Å². The summed E-state index contributed by atoms with van der Waals surface area (Å²) in [5, 5.41) is 0. The van der Waals surface area contributed by atoms with Crippen molar-refractivity contribution >= 4 is 10.0 Å². The first kappa shape index (κ1) is 9.30. The second-order valence-electron chi connectivity index (χ2n) is 4.00. The lowest BCUT2D eigenvalue weighted by Gasteiger charge is -2.12. The smallest absolute Gasteiger partial charge is 0.207 e. The Morgan fingerprint density at radius 2 is 2.07 bits per heavy atom. The van der Waals surface area contributed by atoms with Crippen LogP contribution >= 0.6 is 0 Å². The molecule has 1 aromatic carbocycles. The third-order valence-corrected chi connectivity index (χ3v) is 4.91. The average molecular weight is 227 g/mol. The second-order valence-corrected chi connectivity index (χ2v) is 5.86. The summed E-state index contributed by atoms with van der Waals surface area (Å²) in [6.45, 7) is 0.203. The van der Waals surface area contributed by atoms with E-state index in [1.165, 1.54) is 22.5 Å². The van der Waals surface area contributed by atoms with Crippen molar-refractivity contribution in [1.29, 1.82) is 0 Å². The molecule has 0 atom stereocenters. The molecule has 1 fully saturated rings. The fraction of sp³-hybridized carbons (Fsp3) is 0.400. The van der Waals surface area contributed by atoms with Crippen LogP contribution in [-0.2, 0) is 16.6 Å². The van der Waals surface area contributed by atoms with Gasteiger partial charge in [-0.25, -0.2) is 12.8 Å². The van der Waals surface area contributed by atoms with Crippen LogP contribution in [0.3, 0.4) is 0 Å². The number of hydrogen-bond donors (Lipinski definition) is 0. The predicted octanol–water partition coefficient (Wildman–Crippen LogP) is 1.49. The van der Waals surface area contributed by atoms with Crippen molar-refractivity contribution < 1.29 is 12.8 Å². The molecule has 1 aliphatic heterocycles. The van der Waals surface area contributed by atoms with Crippen molar-refractivity contribution in [3.8, 4) is 0 Å². The van der Waals surface area contributed by atoms with Crippen molar-refractivity contribution in [3.05, 3.63) is 29.6 Å². The van der Waals surface area contributed by atoms with Crippen LogP contribution in [0.5, 0.6) is 0 Å². The van der Waals surface area contributed by atoms with Gasteiger partial charge in [0.1, 0.15) is 5.82 Å². The molecule has 1 aromatic rings. The second kappa shape index (κ2) is 2.80. The molecule has 0 N–H and O–H groups in total. The SMILES string of the molecule is O=S1(=O)c2cccc(F)c2CN1C1CC1. The molecular formula is C10H10FNO2S. The molecule has 0 radical (unpaired) electrons. The number of rotatable bonds is 1. The van der Waals surface area contributed by atoms with E-state index in [1.54, 1.807) is 0 Å². The van der Waals surface area contributed by atoms with Gasteiger partial charge in [-0.05, 0) is 25.0 Å². The van der Waals surface area contributed by atoms with Gasteiger partial charge in [-0.2, -0.15) is 4.31 Å². The number of hydrogen-bond acceptors (Lipinski definition) is 2. The Labute approximate surface area is 87.6 Å². The molecule has 3 nitrogen and oxygen atoms in total. The minimum atomic E-state index is -3.41. The molecule has 0 saturated heterocycles. The van der Waals surface area contributed by atoms with E-state index in [2.05, 4.69) is 0 Å². The molecule has 0 bridgehead atoms. The number of fused-ring (bicyclic) bond motifs is 1. The molecule has 3 rings (SSSR count). The van der Waals surface area contributed by atoms with Crippen LogP contribution < -0.4 is 0 Å². The minimum absolute atomic E-state index is 0.0989. The zero-order valence-corrected chi connectivity index (χ0v) is 8.80. The Morgan fingerprint density at radius 1 is 1.33 bits per heavy atom. The van der Waals surface area contributed by atoms with Crippen molar-refractivity contribution in [2.75, 3.05) is 0 Å². The van der Waals surface area contributed by atoms with Gasteiger partial charge in [0.05, 0.1) is 4.90 Å². The van der Waals surface area contributed by atoms with Gasteiger partial charge < -0.3 is 0 Å². The van der Waals surface area contributed by atoms with E-state index in [4.69, 9.17) is 0 Å². The van der Waals surface area contributed by atoms with E-state index in [0.29, 0.717) is 5.56 Å². The van der Waals surface area contributed by atoms with Crippen molar-refractivity contribution in [2.45, 2.75) is 30.3 Å². The third kappa shape index (κ3) is 1.23. The highest BCUT2D eigenvalue weighted by atomic mass is 32.2. The molecule has 2 aliphatic rings. The Kier molecular flexibility index (Phi) is 1.73. The molecule has 0 spiro atoms. The topological polar surface area (TPSA) is 37.4 Å². The van der Waals surface area contributed by atoms with E-state index in [1.807, 2.05) is 0 Å². The van der Waals surface area contributed by atoms with Crippen LogP contribution in [0.4, 0.5) is 4.39 Å². The van der Waals surface area contributed by atoms with Crippen LogP contribution in [0.15, 0.2) is 23.1 Å². The highest BCUT2D eigenvalue weighted by molar-refractivity contribution is 7.89. The Hall–Kier alpha value is -0.940. The van der Waals surface area contributed by atoms with Gasteiger partial charge in [0.15, 0.2) is 0 Å². The first-order valence-electron chi connectivity index (χ1n) is 4.90. The molecule has 0 amide bonds. The lowest BCUT2D eigenvalue weighted by atomic mass is 10.2. The van der Waals surface area contributed by atoms with Crippen LogP contribution in [-0.4, -0.2) is 18.8 Å². The summed E-state index contributed by atoms with van der Waals surface area (Å²) in [7, 11) is -3.41. The number of nitrogens with zero attached hydrogens (tertiary/aromatic N) is 1. The van der Waals surface area contributed by atoms with Gasteiger partial charge in [-0.3, -0.25) is 0 Å². The summed E-state index contributed by atoms with van der Waals surface area (Å²) in [5.74, 6) is -0.417. The fourth-order valence-electron chi connectivity index (χ4n) is 1.99. The van der Waals surface area contributed by atoms with Crippen LogP contribution in [0.2, 0.25) is 0 Å². The summed E-state index contributed by atoms with van der Waals surface area (Å²) < 4.78 is 38.8. The monoisotopic (exact) mass is 227 g/mol. The van der Waals surface area contributed by atoms with E-state index >= 15 is 0 Å². The summed E-state index contributed by atoms with van der Waals surface area (Å²) in [5.41, 5.74) is 0.324. The molecular weight excluding hydrogens is 217 g/mol. The molecule has 1 aliphatic carbocycles. The van der Waals surface area contributed by atoms with E-state index in [-0.39, 0.29) is 17.5 Å². The van der Waals surface area contributed by atoms with Gasteiger partial charge in [-0.15, -0.1) is 0 Å². The highest BCUT2D eigenvalue weighted by Crippen LogP contribution is 2.39. The van der Waals surface area contributed by atoms with Crippen LogP contribution in [0.25, 0.3) is 0 Å². The standard InChI is InChI=1S/C10H10FNO2S/c11-9-2-1-3-10-8(9)6-12(7-4-5-7)15(10,13)14/h1-3,7H,4-6H2. The maximum absolute atomic E-state index is 13.4. The first-order valence-corrected chi connectivity index (χ1v) is 6.34. The van der Waals surface area contributed by atoms with Gasteiger partial charge in [0.2, 0.25) is 10.0 Å². The van der Waals surface area contributed by atoms with E-state index < -0.39 is 15.8 Å². The summed E-state index contributed by atoms with van der Waals surface area (Å²) in [4.78, 5) is 0.148. The normalized spacial score (nSPS) is 24.1. The maximum atomic E-state index is 13.4. The molecule has 1 saturated carbocycles. The Morgan fingerprint density at radius 3 is 2.67 bits per heavy atom. The fourth-order valence-corrected chi connectivity index (χ4v) is 3.87. The zero-order chi connectivity index (χ0) is 10.6. The summed E-state index contributed by atoms with van der Waals surface area (Å²) in [6.07, 6.45) is 1.80. The van der Waals surface area contributed by atoms with E-state index in [9.17, 15) is 12.8 Å². The lowest BCUT2D eigenvalue weighted by Crippen LogP contribution is -2.26. The Bertz CT molecular complexity index is 522. The van der Waals surface area contributed by atoms with Gasteiger partial charge >= 0.3 is 0 Å². The van der Waals surface area contributed by atoms with Crippen molar-refractivity contribution in [1.82, 2.24) is 4.31 Å². The van der Waals surface area contributed by atoms with Gasteiger partial charge in [0.25, 0.3) is 0 Å². The zero-order valence-electron chi connectivity index (χ0n) is 7.98. The largest absolute Gasteiger partial charge is 0.244 e. The average Bonchev–Trinajstić information content (AvgIpc) is 2.95. The predicted molar refractivity (Wildman–Crippen MR) is 52.2 cm³/mol. The maximum Gasteiger partial charge on any atom is 0.244 e. The number of benzene rings is 1. The van der Waals surface area contributed by atoms with E-state index in [0.717, 1.165) is 12.8 Å². The minimum Gasteiger partial charge on any atom is -0.207 e.